The second kappa shape index (κ2) is 6.40. The number of alkyl halides is 1. The SMILES string of the molecule is C=C/C(=C\C=C/C)C1COC(=O)N1C(=O)C(C)Cl. The molecule has 0 saturated carbocycles. The van der Waals surface area contributed by atoms with Gasteiger partial charge in [-0.2, -0.15) is 0 Å². The number of rotatable bonds is 4. The van der Waals surface area contributed by atoms with Crippen molar-refractivity contribution in [3.05, 3.63) is 36.5 Å². The summed E-state index contributed by atoms with van der Waals surface area (Å²) in [5.41, 5.74) is 0.740. The molecule has 2 atom stereocenters. The van der Waals surface area contributed by atoms with Gasteiger partial charge in [-0.05, 0) is 19.4 Å². The van der Waals surface area contributed by atoms with E-state index in [-0.39, 0.29) is 6.61 Å². The molecule has 2 amide bonds. The topological polar surface area (TPSA) is 46.6 Å². The van der Waals surface area contributed by atoms with Gasteiger partial charge in [0, 0.05) is 0 Å². The third-order valence-electron chi connectivity index (χ3n) is 2.55. The molecular formula is C13H16ClNO3. The molecule has 0 radical (unpaired) electrons. The second-order valence-corrected chi connectivity index (χ2v) is 4.47. The van der Waals surface area contributed by atoms with E-state index in [9.17, 15) is 9.59 Å². The number of hydrogen-bond donors (Lipinski definition) is 0. The number of hydrogen-bond acceptors (Lipinski definition) is 3. The van der Waals surface area contributed by atoms with Crippen LogP contribution in [-0.2, 0) is 9.53 Å². The number of halogens is 1. The molecule has 98 valence electrons. The highest BCUT2D eigenvalue weighted by atomic mass is 35.5. The van der Waals surface area contributed by atoms with Crippen LogP contribution in [0.3, 0.4) is 0 Å². The van der Waals surface area contributed by atoms with Gasteiger partial charge in [-0.3, -0.25) is 4.79 Å². The Kier molecular flexibility index (Phi) is 5.16. The summed E-state index contributed by atoms with van der Waals surface area (Å²) >= 11 is 5.73. The fourth-order valence-corrected chi connectivity index (χ4v) is 1.73. The molecular weight excluding hydrogens is 254 g/mol. The number of allylic oxidation sites excluding steroid dienone is 3. The lowest BCUT2D eigenvalue weighted by Crippen LogP contribution is -2.43. The minimum Gasteiger partial charge on any atom is -0.446 e. The largest absolute Gasteiger partial charge is 0.446 e. The third-order valence-corrected chi connectivity index (χ3v) is 2.74. The lowest BCUT2D eigenvalue weighted by molar-refractivity contribution is -0.128. The first kappa shape index (κ1) is 14.5. The van der Waals surface area contributed by atoms with Gasteiger partial charge in [0.2, 0.25) is 5.91 Å². The number of ether oxygens (including phenoxy) is 1. The molecule has 18 heavy (non-hydrogen) atoms. The lowest BCUT2D eigenvalue weighted by Gasteiger charge is -2.21. The van der Waals surface area contributed by atoms with Crippen LogP contribution >= 0.6 is 11.6 Å². The fourth-order valence-electron chi connectivity index (χ4n) is 1.62. The predicted octanol–water partition coefficient (Wildman–Crippen LogP) is 2.65. The quantitative estimate of drug-likeness (QED) is 0.582. The normalized spacial score (nSPS) is 22.2. The van der Waals surface area contributed by atoms with Crippen molar-refractivity contribution in [2.24, 2.45) is 0 Å². The van der Waals surface area contributed by atoms with E-state index in [1.54, 1.807) is 12.2 Å². The first-order valence-electron chi connectivity index (χ1n) is 5.62. The monoisotopic (exact) mass is 269 g/mol. The molecule has 1 rings (SSSR count). The van der Waals surface area contributed by atoms with Gasteiger partial charge in [0.25, 0.3) is 0 Å². The smallest absolute Gasteiger partial charge is 0.417 e. The highest BCUT2D eigenvalue weighted by Crippen LogP contribution is 2.22. The van der Waals surface area contributed by atoms with Gasteiger partial charge in [-0.15, -0.1) is 11.6 Å². The summed E-state index contributed by atoms with van der Waals surface area (Å²) < 4.78 is 4.91. The minimum absolute atomic E-state index is 0.129. The fraction of sp³-hybridized carbons (Fsp3) is 0.385. The Morgan fingerprint density at radius 1 is 1.67 bits per heavy atom. The Labute approximate surface area is 112 Å². The summed E-state index contributed by atoms with van der Waals surface area (Å²) in [5.74, 6) is -0.461. The van der Waals surface area contributed by atoms with Crippen LogP contribution in [0.1, 0.15) is 13.8 Å². The Morgan fingerprint density at radius 2 is 2.33 bits per heavy atom. The molecule has 0 aromatic carbocycles. The van der Waals surface area contributed by atoms with Crippen LogP contribution < -0.4 is 0 Å². The molecule has 1 heterocycles. The number of nitrogens with zero attached hydrogens (tertiary/aromatic N) is 1. The molecule has 2 unspecified atom stereocenters. The van der Waals surface area contributed by atoms with E-state index in [2.05, 4.69) is 6.58 Å². The molecule has 0 N–H and O–H groups in total. The molecule has 0 bridgehead atoms. The number of imide groups is 1. The highest BCUT2D eigenvalue weighted by molar-refractivity contribution is 6.31. The zero-order valence-corrected chi connectivity index (χ0v) is 11.2. The standard InChI is InChI=1S/C13H16ClNO3/c1-4-6-7-10(5-2)11-8-18-13(17)15(11)12(16)9(3)14/h4-7,9,11H,2,8H2,1,3H3/b6-4-,10-7+. The van der Waals surface area contributed by atoms with E-state index in [1.807, 2.05) is 19.1 Å². The van der Waals surface area contributed by atoms with Crippen LogP contribution in [0.25, 0.3) is 0 Å². The Balaban J connectivity index is 3.03. The zero-order valence-electron chi connectivity index (χ0n) is 10.4. The van der Waals surface area contributed by atoms with Crippen molar-refractivity contribution >= 4 is 23.6 Å². The summed E-state index contributed by atoms with van der Waals surface area (Å²) in [4.78, 5) is 24.5. The van der Waals surface area contributed by atoms with Gasteiger partial charge >= 0.3 is 6.09 Å². The average molecular weight is 270 g/mol. The van der Waals surface area contributed by atoms with Gasteiger partial charge in [0.1, 0.15) is 18.0 Å². The molecule has 4 nitrogen and oxygen atoms in total. The van der Waals surface area contributed by atoms with Gasteiger partial charge in [0.15, 0.2) is 0 Å². The third kappa shape index (κ3) is 3.01. The van der Waals surface area contributed by atoms with Crippen LogP contribution in [0.4, 0.5) is 4.79 Å². The van der Waals surface area contributed by atoms with Crippen molar-refractivity contribution in [3.63, 3.8) is 0 Å². The Bertz CT molecular complexity index is 412. The van der Waals surface area contributed by atoms with Crippen molar-refractivity contribution in [3.8, 4) is 0 Å². The summed E-state index contributed by atoms with van der Waals surface area (Å²) in [5, 5.41) is -0.772. The first-order chi connectivity index (χ1) is 8.52. The van der Waals surface area contributed by atoms with E-state index in [1.165, 1.54) is 6.92 Å². The van der Waals surface area contributed by atoms with Crippen LogP contribution in [0.5, 0.6) is 0 Å². The molecule has 0 spiro atoms. The van der Waals surface area contributed by atoms with Crippen LogP contribution in [-0.4, -0.2) is 34.9 Å². The second-order valence-electron chi connectivity index (χ2n) is 3.81. The molecule has 0 aliphatic carbocycles. The molecule has 0 aromatic rings. The lowest BCUT2D eigenvalue weighted by atomic mass is 10.1. The van der Waals surface area contributed by atoms with E-state index in [0.717, 1.165) is 10.5 Å². The maximum Gasteiger partial charge on any atom is 0.417 e. The number of amides is 2. The van der Waals surface area contributed by atoms with Gasteiger partial charge < -0.3 is 4.74 Å². The maximum atomic E-state index is 11.9. The Morgan fingerprint density at radius 3 is 2.83 bits per heavy atom. The highest BCUT2D eigenvalue weighted by Gasteiger charge is 2.40. The summed E-state index contributed by atoms with van der Waals surface area (Å²) in [6.07, 6.45) is 6.39. The first-order valence-corrected chi connectivity index (χ1v) is 6.05. The van der Waals surface area contributed by atoms with Gasteiger partial charge in [-0.1, -0.05) is 30.9 Å². The van der Waals surface area contributed by atoms with Crippen molar-refractivity contribution in [2.45, 2.75) is 25.3 Å². The van der Waals surface area contributed by atoms with Crippen molar-refractivity contribution in [1.29, 1.82) is 0 Å². The number of carbonyl (C=O) groups is 2. The minimum atomic E-state index is -0.772. The molecule has 1 fully saturated rings. The van der Waals surface area contributed by atoms with Crippen LogP contribution in [0.15, 0.2) is 36.5 Å². The maximum absolute atomic E-state index is 11.9. The number of carbonyl (C=O) groups excluding carboxylic acids is 2. The summed E-state index contributed by atoms with van der Waals surface area (Å²) in [7, 11) is 0. The molecule has 1 aliphatic rings. The number of cyclic esters (lactones) is 1. The molecule has 5 heteroatoms. The van der Waals surface area contributed by atoms with Crippen LogP contribution in [0, 0.1) is 0 Å². The predicted molar refractivity (Wildman–Crippen MR) is 70.4 cm³/mol. The van der Waals surface area contributed by atoms with Crippen molar-refractivity contribution in [1.82, 2.24) is 4.90 Å². The summed E-state index contributed by atoms with van der Waals surface area (Å²) in [6, 6.07) is -0.458. The Hall–Kier alpha value is -1.55. The van der Waals surface area contributed by atoms with E-state index in [4.69, 9.17) is 16.3 Å². The van der Waals surface area contributed by atoms with Crippen molar-refractivity contribution < 1.29 is 14.3 Å². The molecule has 0 aromatic heterocycles. The summed E-state index contributed by atoms with van der Waals surface area (Å²) in [6.45, 7) is 7.21. The van der Waals surface area contributed by atoms with Gasteiger partial charge in [-0.25, -0.2) is 9.69 Å². The molecule has 1 aliphatic heterocycles. The zero-order chi connectivity index (χ0) is 13.7. The van der Waals surface area contributed by atoms with E-state index >= 15 is 0 Å². The van der Waals surface area contributed by atoms with Crippen LogP contribution in [0.2, 0.25) is 0 Å². The molecule has 1 saturated heterocycles. The average Bonchev–Trinajstić information content (AvgIpc) is 2.71. The van der Waals surface area contributed by atoms with Crippen molar-refractivity contribution in [2.75, 3.05) is 6.61 Å². The van der Waals surface area contributed by atoms with E-state index < -0.39 is 23.4 Å². The van der Waals surface area contributed by atoms with Gasteiger partial charge in [0.05, 0.1) is 0 Å². The van der Waals surface area contributed by atoms with E-state index in [0.29, 0.717) is 0 Å².